The van der Waals surface area contributed by atoms with Crippen LogP contribution in [0.25, 0.3) is 11.0 Å². The van der Waals surface area contributed by atoms with E-state index in [0.29, 0.717) is 5.52 Å². The van der Waals surface area contributed by atoms with E-state index in [9.17, 15) is 10.1 Å². The minimum Gasteiger partial charge on any atom is -0.258 e. The lowest BCUT2D eigenvalue weighted by Gasteiger charge is -1.99. The van der Waals surface area contributed by atoms with Gasteiger partial charge in [-0.2, -0.15) is 0 Å². The highest BCUT2D eigenvalue weighted by Gasteiger charge is 2.10. The van der Waals surface area contributed by atoms with Gasteiger partial charge >= 0.3 is 0 Å². The van der Waals surface area contributed by atoms with Crippen molar-refractivity contribution in [2.24, 2.45) is 0 Å². The Kier molecular flexibility index (Phi) is 2.80. The molecule has 1 heterocycles. The molecule has 1 aromatic carbocycles. The van der Waals surface area contributed by atoms with E-state index in [2.05, 4.69) is 17.2 Å². The maximum absolute atomic E-state index is 10.6. The number of fused-ring (bicyclic) bond motifs is 1. The van der Waals surface area contributed by atoms with Crippen LogP contribution in [0, 0.1) is 10.1 Å². The molecule has 0 saturated carbocycles. The van der Waals surface area contributed by atoms with Crippen LogP contribution in [-0.4, -0.2) is 19.9 Å². The Labute approximate surface area is 92.0 Å². The van der Waals surface area contributed by atoms with Gasteiger partial charge in [0.25, 0.3) is 5.69 Å². The van der Waals surface area contributed by atoms with Gasteiger partial charge in [0.2, 0.25) is 0 Å². The molecule has 0 amide bonds. The van der Waals surface area contributed by atoms with Gasteiger partial charge < -0.3 is 0 Å². The maximum Gasteiger partial charge on any atom is 0.271 e. The summed E-state index contributed by atoms with van der Waals surface area (Å²) in [5, 5.41) is 18.5. The Morgan fingerprint density at radius 1 is 1.50 bits per heavy atom. The van der Waals surface area contributed by atoms with Crippen LogP contribution in [0.4, 0.5) is 5.69 Å². The second-order valence-electron chi connectivity index (χ2n) is 3.60. The number of rotatable bonds is 4. The molecule has 2 rings (SSSR count). The first-order valence-electron chi connectivity index (χ1n) is 5.20. The Bertz CT molecular complexity index is 521. The molecule has 0 unspecified atom stereocenters. The second kappa shape index (κ2) is 4.26. The molecule has 0 fully saturated rings. The summed E-state index contributed by atoms with van der Waals surface area (Å²) in [6.07, 6.45) is 2.10. The number of hydrogen-bond acceptors (Lipinski definition) is 4. The third-order valence-electron chi connectivity index (χ3n) is 2.43. The largest absolute Gasteiger partial charge is 0.271 e. The minimum atomic E-state index is -0.426. The van der Waals surface area contributed by atoms with Gasteiger partial charge in [0.1, 0.15) is 5.52 Å². The zero-order valence-electron chi connectivity index (χ0n) is 8.96. The average Bonchev–Trinajstić information content (AvgIpc) is 2.68. The van der Waals surface area contributed by atoms with Crippen molar-refractivity contribution in [3.63, 3.8) is 0 Å². The van der Waals surface area contributed by atoms with Crippen LogP contribution in [0.2, 0.25) is 0 Å². The quantitative estimate of drug-likeness (QED) is 0.584. The molecular formula is C10H12N4O2. The molecule has 0 spiro atoms. The Morgan fingerprint density at radius 3 is 3.00 bits per heavy atom. The van der Waals surface area contributed by atoms with Crippen LogP contribution in [0.5, 0.6) is 0 Å². The molecule has 6 nitrogen and oxygen atoms in total. The minimum absolute atomic E-state index is 0.0510. The SMILES string of the molecule is CCCCn1nnc2cc([N+](=O)[O-])ccc21. The number of aromatic nitrogens is 3. The second-order valence-corrected chi connectivity index (χ2v) is 3.60. The van der Waals surface area contributed by atoms with Gasteiger partial charge in [-0.15, -0.1) is 5.10 Å². The van der Waals surface area contributed by atoms with Crippen molar-refractivity contribution in [1.29, 1.82) is 0 Å². The lowest BCUT2D eigenvalue weighted by molar-refractivity contribution is -0.384. The predicted octanol–water partition coefficient (Wildman–Crippen LogP) is 2.14. The van der Waals surface area contributed by atoms with Crippen molar-refractivity contribution >= 4 is 16.7 Å². The monoisotopic (exact) mass is 220 g/mol. The maximum atomic E-state index is 10.6. The van der Waals surface area contributed by atoms with Gasteiger partial charge in [0, 0.05) is 18.7 Å². The molecule has 1 aromatic heterocycles. The van der Waals surface area contributed by atoms with Crippen molar-refractivity contribution in [2.45, 2.75) is 26.3 Å². The zero-order chi connectivity index (χ0) is 11.5. The summed E-state index contributed by atoms with van der Waals surface area (Å²) in [6.45, 7) is 2.90. The van der Waals surface area contributed by atoms with Crippen LogP contribution >= 0.6 is 0 Å². The highest BCUT2D eigenvalue weighted by atomic mass is 16.6. The standard InChI is InChI=1S/C10H12N4O2/c1-2-3-6-13-10-5-4-8(14(15)16)7-9(10)11-12-13/h4-5,7H,2-3,6H2,1H3. The summed E-state index contributed by atoms with van der Waals surface area (Å²) < 4.78 is 1.78. The highest BCUT2D eigenvalue weighted by Crippen LogP contribution is 2.18. The smallest absolute Gasteiger partial charge is 0.258 e. The number of non-ortho nitro benzene ring substituents is 1. The van der Waals surface area contributed by atoms with Crippen LogP contribution in [-0.2, 0) is 6.54 Å². The third kappa shape index (κ3) is 1.86. The van der Waals surface area contributed by atoms with Gasteiger partial charge in [0.05, 0.1) is 10.4 Å². The van der Waals surface area contributed by atoms with Gasteiger partial charge in [0.15, 0.2) is 0 Å². The van der Waals surface area contributed by atoms with Gasteiger partial charge in [-0.1, -0.05) is 18.6 Å². The van der Waals surface area contributed by atoms with E-state index < -0.39 is 4.92 Å². The van der Waals surface area contributed by atoms with Crippen molar-refractivity contribution in [3.05, 3.63) is 28.3 Å². The number of hydrogen-bond donors (Lipinski definition) is 0. The fourth-order valence-electron chi connectivity index (χ4n) is 1.55. The average molecular weight is 220 g/mol. The summed E-state index contributed by atoms with van der Waals surface area (Å²) in [5.74, 6) is 0. The number of benzene rings is 1. The molecule has 0 saturated heterocycles. The molecule has 0 atom stereocenters. The highest BCUT2D eigenvalue weighted by molar-refractivity contribution is 5.76. The predicted molar refractivity (Wildman–Crippen MR) is 59.1 cm³/mol. The van der Waals surface area contributed by atoms with Crippen LogP contribution in [0.1, 0.15) is 19.8 Å². The number of nitrogens with zero attached hydrogens (tertiary/aromatic N) is 4. The summed E-state index contributed by atoms with van der Waals surface area (Å²) >= 11 is 0. The molecule has 0 radical (unpaired) electrons. The first kappa shape index (κ1) is 10.5. The van der Waals surface area contributed by atoms with Crippen molar-refractivity contribution < 1.29 is 4.92 Å². The number of nitro groups is 1. The molecule has 0 aliphatic carbocycles. The van der Waals surface area contributed by atoms with Gasteiger partial charge in [-0.25, -0.2) is 4.68 Å². The normalized spacial score (nSPS) is 10.8. The van der Waals surface area contributed by atoms with E-state index in [0.717, 1.165) is 24.9 Å². The molecule has 0 aliphatic heterocycles. The first-order valence-corrected chi connectivity index (χ1v) is 5.20. The number of unbranched alkanes of at least 4 members (excludes halogenated alkanes) is 1. The number of nitro benzene ring substituents is 1. The lowest BCUT2D eigenvalue weighted by atomic mass is 10.2. The first-order chi connectivity index (χ1) is 7.72. The van der Waals surface area contributed by atoms with Crippen LogP contribution < -0.4 is 0 Å². The molecule has 84 valence electrons. The van der Waals surface area contributed by atoms with Crippen LogP contribution in [0.3, 0.4) is 0 Å². The third-order valence-corrected chi connectivity index (χ3v) is 2.43. The fraction of sp³-hybridized carbons (Fsp3) is 0.400. The van der Waals surface area contributed by atoms with E-state index in [1.807, 2.05) is 0 Å². The Hall–Kier alpha value is -1.98. The molecule has 0 N–H and O–H groups in total. The molecule has 0 aliphatic rings. The van der Waals surface area contributed by atoms with Gasteiger partial charge in [-0.05, 0) is 12.5 Å². The Balaban J connectivity index is 2.38. The van der Waals surface area contributed by atoms with Crippen molar-refractivity contribution in [3.8, 4) is 0 Å². The van der Waals surface area contributed by atoms with E-state index in [4.69, 9.17) is 0 Å². The molecule has 0 bridgehead atoms. The molecule has 2 aromatic rings. The van der Waals surface area contributed by atoms with E-state index in [1.165, 1.54) is 12.1 Å². The topological polar surface area (TPSA) is 73.8 Å². The lowest BCUT2D eigenvalue weighted by Crippen LogP contribution is -1.99. The fourth-order valence-corrected chi connectivity index (χ4v) is 1.55. The van der Waals surface area contributed by atoms with Crippen LogP contribution in [0.15, 0.2) is 18.2 Å². The number of aryl methyl sites for hydroxylation is 1. The van der Waals surface area contributed by atoms with E-state index >= 15 is 0 Å². The summed E-state index contributed by atoms with van der Waals surface area (Å²) in [4.78, 5) is 10.1. The molecule has 16 heavy (non-hydrogen) atoms. The van der Waals surface area contributed by atoms with Crippen molar-refractivity contribution in [2.75, 3.05) is 0 Å². The van der Waals surface area contributed by atoms with Gasteiger partial charge in [-0.3, -0.25) is 10.1 Å². The summed E-state index contributed by atoms with van der Waals surface area (Å²) in [7, 11) is 0. The summed E-state index contributed by atoms with van der Waals surface area (Å²) in [6, 6.07) is 4.63. The zero-order valence-corrected chi connectivity index (χ0v) is 8.96. The molecular weight excluding hydrogens is 208 g/mol. The summed E-state index contributed by atoms with van der Waals surface area (Å²) in [5.41, 5.74) is 1.47. The Morgan fingerprint density at radius 2 is 2.31 bits per heavy atom. The van der Waals surface area contributed by atoms with E-state index in [-0.39, 0.29) is 5.69 Å². The van der Waals surface area contributed by atoms with Crippen molar-refractivity contribution in [1.82, 2.24) is 15.0 Å². The van der Waals surface area contributed by atoms with E-state index in [1.54, 1.807) is 10.7 Å². The molecule has 6 heteroatoms.